The zero-order chi connectivity index (χ0) is 17.9. The Labute approximate surface area is 172 Å². The first kappa shape index (κ1) is 22.7. The van der Waals surface area contributed by atoms with Crippen LogP contribution in [0.3, 0.4) is 0 Å². The summed E-state index contributed by atoms with van der Waals surface area (Å²) in [6, 6.07) is 7.17. The van der Waals surface area contributed by atoms with E-state index in [1.165, 1.54) is 0 Å². The third kappa shape index (κ3) is 8.33. The maximum Gasteiger partial charge on any atom is 0.248 e. The van der Waals surface area contributed by atoms with E-state index in [0.717, 1.165) is 50.7 Å². The number of nitrogens with two attached hydrogens (primary N) is 1. The number of hydrogen-bond acceptors (Lipinski definition) is 4. The van der Waals surface area contributed by atoms with Crippen LogP contribution in [0.2, 0.25) is 0 Å². The summed E-state index contributed by atoms with van der Waals surface area (Å²) in [5.74, 6) is 0.349. The van der Waals surface area contributed by atoms with Crippen molar-refractivity contribution >= 4 is 35.8 Å². The minimum atomic E-state index is -0.420. The number of nitrogens with one attached hydrogen (secondary N) is 2. The number of carbonyl (C=O) groups excluding carboxylic acids is 1. The van der Waals surface area contributed by atoms with Crippen LogP contribution < -0.4 is 16.4 Å². The summed E-state index contributed by atoms with van der Waals surface area (Å²) >= 11 is 0. The van der Waals surface area contributed by atoms with Gasteiger partial charge in [0.2, 0.25) is 5.91 Å². The van der Waals surface area contributed by atoms with Gasteiger partial charge in [-0.15, -0.1) is 24.0 Å². The molecule has 4 N–H and O–H groups in total. The minimum Gasteiger partial charge on any atom is -0.379 e. The second-order valence-corrected chi connectivity index (χ2v) is 5.89. The van der Waals surface area contributed by atoms with Crippen molar-refractivity contribution in [3.05, 3.63) is 35.4 Å². The van der Waals surface area contributed by atoms with Gasteiger partial charge in [0.1, 0.15) is 0 Å². The normalized spacial score (nSPS) is 16.8. The van der Waals surface area contributed by atoms with Crippen molar-refractivity contribution in [2.45, 2.75) is 32.4 Å². The molecule has 0 aliphatic carbocycles. The number of amides is 1. The third-order valence-corrected chi connectivity index (χ3v) is 3.86. The van der Waals surface area contributed by atoms with Crippen LogP contribution in [0.1, 0.15) is 35.7 Å². The fraction of sp³-hybridized carbons (Fsp3) is 0.556. The predicted molar refractivity (Wildman–Crippen MR) is 113 cm³/mol. The molecule has 0 aromatic heterocycles. The Hall–Kier alpha value is -1.39. The van der Waals surface area contributed by atoms with Crippen molar-refractivity contribution in [1.82, 2.24) is 10.6 Å². The zero-order valence-corrected chi connectivity index (χ0v) is 17.5. The fourth-order valence-electron chi connectivity index (χ4n) is 2.46. The van der Waals surface area contributed by atoms with Gasteiger partial charge in [0, 0.05) is 31.9 Å². The Kier molecular flexibility index (Phi) is 11.2. The van der Waals surface area contributed by atoms with Crippen LogP contribution in [0.15, 0.2) is 29.3 Å². The molecule has 7 nitrogen and oxygen atoms in total. The second kappa shape index (κ2) is 12.9. The number of benzene rings is 1. The molecule has 0 bridgehead atoms. The van der Waals surface area contributed by atoms with Crippen LogP contribution in [0.25, 0.3) is 0 Å². The van der Waals surface area contributed by atoms with Gasteiger partial charge in [-0.2, -0.15) is 0 Å². The Bertz CT molecular complexity index is 560. The smallest absolute Gasteiger partial charge is 0.248 e. The molecule has 8 heteroatoms. The third-order valence-electron chi connectivity index (χ3n) is 3.86. The molecule has 0 saturated carbocycles. The quantitative estimate of drug-likeness (QED) is 0.218. The van der Waals surface area contributed by atoms with E-state index in [1.807, 2.05) is 19.1 Å². The number of carbonyl (C=O) groups is 1. The van der Waals surface area contributed by atoms with Gasteiger partial charge in [-0.3, -0.25) is 4.79 Å². The second-order valence-electron chi connectivity index (χ2n) is 5.89. The molecule has 1 unspecified atom stereocenters. The van der Waals surface area contributed by atoms with Gasteiger partial charge >= 0.3 is 0 Å². The summed E-state index contributed by atoms with van der Waals surface area (Å²) in [5, 5.41) is 6.52. The maximum absolute atomic E-state index is 11.1. The summed E-state index contributed by atoms with van der Waals surface area (Å²) in [7, 11) is 0. The lowest BCUT2D eigenvalue weighted by molar-refractivity contribution is 0.0420. The molecule has 2 rings (SSSR count). The zero-order valence-electron chi connectivity index (χ0n) is 15.2. The van der Waals surface area contributed by atoms with Crippen LogP contribution in [-0.2, 0) is 16.0 Å². The van der Waals surface area contributed by atoms with Crippen LogP contribution in [0.4, 0.5) is 0 Å². The Morgan fingerprint density at radius 2 is 2.12 bits per heavy atom. The Morgan fingerprint density at radius 3 is 2.73 bits per heavy atom. The van der Waals surface area contributed by atoms with Crippen molar-refractivity contribution in [1.29, 1.82) is 0 Å². The average Bonchev–Trinajstić information content (AvgIpc) is 3.13. The van der Waals surface area contributed by atoms with E-state index in [4.69, 9.17) is 15.2 Å². The molecule has 1 amide bonds. The van der Waals surface area contributed by atoms with Crippen molar-refractivity contribution in [3.8, 4) is 0 Å². The minimum absolute atomic E-state index is 0. The van der Waals surface area contributed by atoms with Gasteiger partial charge in [0.05, 0.1) is 19.3 Å². The van der Waals surface area contributed by atoms with Gasteiger partial charge in [0.25, 0.3) is 0 Å². The SMILES string of the molecule is CCNC(=NCc1ccc(C(N)=O)cc1)NCCCOC1CCOC1.I. The summed E-state index contributed by atoms with van der Waals surface area (Å²) < 4.78 is 11.0. The number of guanidine groups is 1. The topological polar surface area (TPSA) is 98.0 Å². The van der Waals surface area contributed by atoms with Crippen molar-refractivity contribution in [2.75, 3.05) is 32.9 Å². The Balaban J connectivity index is 0.00000338. The molecule has 1 heterocycles. The molecule has 1 saturated heterocycles. The number of nitrogens with zero attached hydrogens (tertiary/aromatic N) is 1. The van der Waals surface area contributed by atoms with E-state index in [1.54, 1.807) is 12.1 Å². The predicted octanol–water partition coefficient (Wildman–Crippen LogP) is 1.65. The van der Waals surface area contributed by atoms with Gasteiger partial charge < -0.3 is 25.8 Å². The molecule has 26 heavy (non-hydrogen) atoms. The van der Waals surface area contributed by atoms with Gasteiger partial charge in [0.15, 0.2) is 5.96 Å². The van der Waals surface area contributed by atoms with Crippen molar-refractivity contribution < 1.29 is 14.3 Å². The number of primary amides is 1. The van der Waals surface area contributed by atoms with E-state index in [2.05, 4.69) is 15.6 Å². The molecular weight excluding hydrogens is 447 g/mol. The molecule has 0 radical (unpaired) electrons. The number of hydrogen-bond donors (Lipinski definition) is 3. The first-order chi connectivity index (χ1) is 12.2. The van der Waals surface area contributed by atoms with E-state index < -0.39 is 5.91 Å². The lowest BCUT2D eigenvalue weighted by atomic mass is 10.1. The fourth-order valence-corrected chi connectivity index (χ4v) is 2.46. The molecular formula is C18H29IN4O3. The highest BCUT2D eigenvalue weighted by atomic mass is 127. The van der Waals surface area contributed by atoms with Crippen molar-refractivity contribution in [3.63, 3.8) is 0 Å². The number of aliphatic imine (C=N–C) groups is 1. The van der Waals surface area contributed by atoms with E-state index in [9.17, 15) is 4.79 Å². The van der Waals surface area contributed by atoms with Gasteiger partial charge in [-0.1, -0.05) is 12.1 Å². The van der Waals surface area contributed by atoms with Gasteiger partial charge in [-0.25, -0.2) is 4.99 Å². The molecule has 1 aromatic rings. The standard InChI is InChI=1S/C18H28N4O3.HI/c1-2-20-18(21-9-3-10-25-16-8-11-24-13-16)22-12-14-4-6-15(7-5-14)17(19)23;/h4-7,16H,2-3,8-13H2,1H3,(H2,19,23)(H2,20,21,22);1H. The van der Waals surface area contributed by atoms with Crippen LogP contribution >= 0.6 is 24.0 Å². The molecule has 146 valence electrons. The summed E-state index contributed by atoms with van der Waals surface area (Å²) in [5.41, 5.74) is 6.77. The summed E-state index contributed by atoms with van der Waals surface area (Å²) in [6.45, 7) is 6.39. The number of halogens is 1. The molecule has 1 aromatic carbocycles. The van der Waals surface area contributed by atoms with Crippen molar-refractivity contribution in [2.24, 2.45) is 10.7 Å². The lowest BCUT2D eigenvalue weighted by Crippen LogP contribution is -2.38. The van der Waals surface area contributed by atoms with Crippen LogP contribution in [-0.4, -0.2) is 50.9 Å². The van der Waals surface area contributed by atoms with Crippen LogP contribution in [0.5, 0.6) is 0 Å². The summed E-state index contributed by atoms with van der Waals surface area (Å²) in [4.78, 5) is 15.6. The van der Waals surface area contributed by atoms with E-state index in [0.29, 0.717) is 18.7 Å². The molecule has 1 aliphatic heterocycles. The summed E-state index contributed by atoms with van der Waals surface area (Å²) in [6.07, 6.45) is 2.16. The number of ether oxygens (including phenoxy) is 2. The molecule has 1 atom stereocenters. The molecule has 1 fully saturated rings. The molecule has 0 spiro atoms. The largest absolute Gasteiger partial charge is 0.379 e. The monoisotopic (exact) mass is 476 g/mol. The highest BCUT2D eigenvalue weighted by Crippen LogP contribution is 2.08. The van der Waals surface area contributed by atoms with E-state index in [-0.39, 0.29) is 30.1 Å². The number of rotatable bonds is 9. The highest BCUT2D eigenvalue weighted by Gasteiger charge is 2.15. The van der Waals surface area contributed by atoms with Gasteiger partial charge in [-0.05, 0) is 37.5 Å². The molecule has 1 aliphatic rings. The Morgan fingerprint density at radius 1 is 1.35 bits per heavy atom. The average molecular weight is 476 g/mol. The highest BCUT2D eigenvalue weighted by molar-refractivity contribution is 14.0. The first-order valence-corrected chi connectivity index (χ1v) is 8.79. The maximum atomic E-state index is 11.1. The lowest BCUT2D eigenvalue weighted by Gasteiger charge is -2.13. The van der Waals surface area contributed by atoms with Crippen LogP contribution in [0, 0.1) is 0 Å². The first-order valence-electron chi connectivity index (χ1n) is 8.79. The van der Waals surface area contributed by atoms with E-state index >= 15 is 0 Å².